The fourth-order valence-electron chi connectivity index (χ4n) is 3.21. The minimum absolute atomic E-state index is 0.00611. The van der Waals surface area contributed by atoms with E-state index in [0.717, 1.165) is 4.68 Å². The maximum absolute atomic E-state index is 13.2. The average Bonchev–Trinajstić information content (AvgIpc) is 3.49. The lowest BCUT2D eigenvalue weighted by Crippen LogP contribution is -2.34. The van der Waals surface area contributed by atoms with Crippen LogP contribution in [0.15, 0.2) is 59.3 Å². The Morgan fingerprint density at radius 1 is 1.23 bits per heavy atom. The number of amides is 2. The van der Waals surface area contributed by atoms with Crippen LogP contribution < -0.4 is 10.6 Å². The molecule has 0 spiro atoms. The second kappa shape index (κ2) is 12.7. The second-order valence-electron chi connectivity index (χ2n) is 7.99. The fourth-order valence-corrected chi connectivity index (χ4v) is 3.73. The van der Waals surface area contributed by atoms with Crippen molar-refractivity contribution in [1.82, 2.24) is 45.6 Å². The van der Waals surface area contributed by atoms with Gasteiger partial charge < -0.3 is 10.6 Å². The van der Waals surface area contributed by atoms with Crippen LogP contribution in [-0.4, -0.2) is 59.9 Å². The predicted molar refractivity (Wildman–Crippen MR) is 136 cm³/mol. The first-order chi connectivity index (χ1) is 18.4. The number of aromatic nitrogens is 7. The lowest BCUT2D eigenvalue weighted by molar-refractivity contribution is -0.147. The lowest BCUT2D eigenvalue weighted by Gasteiger charge is -2.11. The SMILES string of the molecule is C=C(C)/C=C(Cl)\C=C(/CNC(=O)c1cc(Cn2nnnc2C(F)(F)F)nn1-c1ncccc1Cl)C(=O)NCC. The number of rotatable bonds is 10. The highest BCUT2D eigenvalue weighted by Gasteiger charge is 2.38. The van der Waals surface area contributed by atoms with Crippen LogP contribution in [0.1, 0.15) is 35.9 Å². The number of pyridine rings is 1. The molecule has 0 aliphatic heterocycles. The number of allylic oxidation sites excluding steroid dienone is 4. The van der Waals surface area contributed by atoms with Gasteiger partial charge in [0.15, 0.2) is 5.82 Å². The molecule has 0 bridgehead atoms. The van der Waals surface area contributed by atoms with E-state index in [1.165, 1.54) is 24.4 Å². The van der Waals surface area contributed by atoms with E-state index in [0.29, 0.717) is 16.8 Å². The van der Waals surface area contributed by atoms with E-state index < -0.39 is 30.4 Å². The summed E-state index contributed by atoms with van der Waals surface area (Å²) in [7, 11) is 0. The number of carbonyl (C=O) groups excluding carboxylic acids is 2. The third kappa shape index (κ3) is 7.74. The van der Waals surface area contributed by atoms with Crippen molar-refractivity contribution in [2.75, 3.05) is 13.1 Å². The van der Waals surface area contributed by atoms with Crippen molar-refractivity contribution in [3.8, 4) is 5.82 Å². The van der Waals surface area contributed by atoms with E-state index in [-0.39, 0.29) is 39.4 Å². The Balaban J connectivity index is 1.96. The van der Waals surface area contributed by atoms with Crippen LogP contribution in [0.3, 0.4) is 0 Å². The molecule has 0 saturated carbocycles. The Hall–Kier alpha value is -4.04. The number of nitrogens with one attached hydrogen (secondary N) is 2. The van der Waals surface area contributed by atoms with Crippen LogP contribution >= 0.6 is 23.2 Å². The van der Waals surface area contributed by atoms with Gasteiger partial charge in [0.1, 0.15) is 5.69 Å². The molecule has 3 rings (SSSR count). The van der Waals surface area contributed by atoms with Gasteiger partial charge in [0.2, 0.25) is 5.91 Å². The van der Waals surface area contributed by atoms with Crippen molar-refractivity contribution in [3.63, 3.8) is 0 Å². The molecule has 3 aromatic rings. The van der Waals surface area contributed by atoms with Gasteiger partial charge >= 0.3 is 6.18 Å². The van der Waals surface area contributed by atoms with Gasteiger partial charge in [-0.05, 0) is 54.6 Å². The van der Waals surface area contributed by atoms with E-state index >= 15 is 0 Å². The normalized spacial score (nSPS) is 12.4. The summed E-state index contributed by atoms with van der Waals surface area (Å²) in [6.07, 6.45) is -0.477. The molecule has 2 amide bonds. The molecule has 0 fully saturated rings. The van der Waals surface area contributed by atoms with Crippen molar-refractivity contribution in [3.05, 3.63) is 81.5 Å². The summed E-state index contributed by atoms with van der Waals surface area (Å²) < 4.78 is 41.3. The van der Waals surface area contributed by atoms with Gasteiger partial charge in [-0.2, -0.15) is 18.3 Å². The number of likely N-dealkylation sites (N-methyl/N-ethyl adjacent to an activating group) is 1. The summed E-state index contributed by atoms with van der Waals surface area (Å²) >= 11 is 12.4. The first-order valence-electron chi connectivity index (χ1n) is 11.2. The number of hydrogen-bond donors (Lipinski definition) is 2. The Bertz CT molecular complexity index is 1440. The second-order valence-corrected chi connectivity index (χ2v) is 8.83. The summed E-state index contributed by atoms with van der Waals surface area (Å²) in [6.45, 7) is 6.75. The fraction of sp³-hybridized carbons (Fsp3) is 0.261. The van der Waals surface area contributed by atoms with E-state index in [1.807, 2.05) is 0 Å². The van der Waals surface area contributed by atoms with Gasteiger partial charge in [-0.3, -0.25) is 9.59 Å². The highest BCUT2D eigenvalue weighted by atomic mass is 35.5. The van der Waals surface area contributed by atoms with Gasteiger partial charge in [-0.15, -0.1) is 5.10 Å². The van der Waals surface area contributed by atoms with Crippen molar-refractivity contribution in [2.45, 2.75) is 26.6 Å². The number of tetrazole rings is 1. The molecule has 39 heavy (non-hydrogen) atoms. The molecule has 16 heteroatoms. The molecule has 11 nitrogen and oxygen atoms in total. The zero-order valence-corrected chi connectivity index (χ0v) is 22.1. The molecular formula is C23H22Cl2F3N9O2. The topological polar surface area (TPSA) is 133 Å². The van der Waals surface area contributed by atoms with Crippen LogP contribution in [0.25, 0.3) is 5.82 Å². The van der Waals surface area contributed by atoms with Crippen molar-refractivity contribution < 1.29 is 22.8 Å². The van der Waals surface area contributed by atoms with Crippen LogP contribution in [0.2, 0.25) is 5.02 Å². The Morgan fingerprint density at radius 2 is 1.97 bits per heavy atom. The van der Waals surface area contributed by atoms with E-state index in [2.05, 4.69) is 42.8 Å². The molecule has 0 unspecified atom stereocenters. The highest BCUT2D eigenvalue weighted by molar-refractivity contribution is 6.32. The maximum atomic E-state index is 13.2. The van der Waals surface area contributed by atoms with Crippen LogP contribution in [0.4, 0.5) is 13.2 Å². The summed E-state index contributed by atoms with van der Waals surface area (Å²) in [6, 6.07) is 4.30. The van der Waals surface area contributed by atoms with Crippen LogP contribution in [0, 0.1) is 0 Å². The van der Waals surface area contributed by atoms with Gasteiger partial charge in [-0.25, -0.2) is 14.3 Å². The molecule has 206 valence electrons. The Labute approximate surface area is 230 Å². The summed E-state index contributed by atoms with van der Waals surface area (Å²) in [4.78, 5) is 29.9. The zero-order chi connectivity index (χ0) is 28.7. The standard InChI is InChI=1S/C23H22Cl2F3N9O2/c1-4-29-20(38)14(9-15(24)8-13(2)3)11-31-21(39)18-10-16(12-36-22(23(26,27)28)32-34-35-36)33-37(18)19-17(25)6-5-7-30-19/h5-10H,2,4,11-12H2,1,3H3,(H,29,38)(H,31,39)/b14-9+,15-8+. The van der Waals surface area contributed by atoms with Gasteiger partial charge in [0.05, 0.1) is 17.3 Å². The van der Waals surface area contributed by atoms with Gasteiger partial charge in [0, 0.05) is 29.9 Å². The molecular weight excluding hydrogens is 562 g/mol. The zero-order valence-electron chi connectivity index (χ0n) is 20.6. The monoisotopic (exact) mass is 583 g/mol. The van der Waals surface area contributed by atoms with Crippen molar-refractivity contribution in [1.29, 1.82) is 0 Å². The van der Waals surface area contributed by atoms with E-state index in [1.54, 1.807) is 26.0 Å². The minimum Gasteiger partial charge on any atom is -0.353 e. The van der Waals surface area contributed by atoms with E-state index in [9.17, 15) is 22.8 Å². The van der Waals surface area contributed by atoms with Gasteiger partial charge in [-0.1, -0.05) is 35.4 Å². The molecule has 0 saturated heterocycles. The molecule has 3 heterocycles. The number of halogens is 5. The van der Waals surface area contributed by atoms with Crippen LogP contribution in [-0.2, 0) is 17.5 Å². The lowest BCUT2D eigenvalue weighted by atomic mass is 10.2. The smallest absolute Gasteiger partial charge is 0.353 e. The largest absolute Gasteiger partial charge is 0.453 e. The third-order valence-electron chi connectivity index (χ3n) is 4.79. The minimum atomic E-state index is -4.81. The summed E-state index contributed by atoms with van der Waals surface area (Å²) in [5, 5.41) is 19.2. The first kappa shape index (κ1) is 29.5. The summed E-state index contributed by atoms with van der Waals surface area (Å²) in [5.41, 5.74) is 0.673. The molecule has 0 radical (unpaired) electrons. The third-order valence-corrected chi connectivity index (χ3v) is 5.31. The van der Waals surface area contributed by atoms with Gasteiger partial charge in [0.25, 0.3) is 11.7 Å². The number of nitrogens with zero attached hydrogens (tertiary/aromatic N) is 7. The quantitative estimate of drug-likeness (QED) is 0.276. The average molecular weight is 584 g/mol. The first-order valence-corrected chi connectivity index (χ1v) is 12.0. The summed E-state index contributed by atoms with van der Waals surface area (Å²) in [5.74, 6) is -2.48. The molecule has 0 atom stereocenters. The predicted octanol–water partition coefficient (Wildman–Crippen LogP) is 3.47. The Kier molecular flexibility index (Phi) is 9.59. The van der Waals surface area contributed by atoms with Crippen LogP contribution in [0.5, 0.6) is 0 Å². The Morgan fingerprint density at radius 3 is 2.62 bits per heavy atom. The highest BCUT2D eigenvalue weighted by Crippen LogP contribution is 2.27. The molecule has 3 aromatic heterocycles. The number of hydrogen-bond acceptors (Lipinski definition) is 7. The molecule has 0 aliphatic rings. The van der Waals surface area contributed by atoms with Crippen molar-refractivity contribution in [2.24, 2.45) is 0 Å². The molecule has 2 N–H and O–H groups in total. The van der Waals surface area contributed by atoms with Crippen molar-refractivity contribution >= 4 is 35.0 Å². The molecule has 0 aromatic carbocycles. The number of alkyl halides is 3. The maximum Gasteiger partial charge on any atom is 0.453 e. The molecule has 0 aliphatic carbocycles. The van der Waals surface area contributed by atoms with E-state index in [4.69, 9.17) is 23.2 Å². The number of carbonyl (C=O) groups is 2.